The monoisotopic (exact) mass is 269 g/mol. The maximum Gasteiger partial charge on any atom is 0.403 e. The Labute approximate surface area is 104 Å². The van der Waals surface area contributed by atoms with Gasteiger partial charge in [0, 0.05) is 19.7 Å². The highest BCUT2D eigenvalue weighted by Crippen LogP contribution is 2.28. The number of rotatable bonds is 5. The lowest BCUT2D eigenvalue weighted by Gasteiger charge is -2.34. The van der Waals surface area contributed by atoms with Crippen molar-refractivity contribution in [3.8, 4) is 0 Å². The van der Waals surface area contributed by atoms with Crippen molar-refractivity contribution in [2.45, 2.75) is 32.0 Å². The van der Waals surface area contributed by atoms with E-state index in [0.29, 0.717) is 19.7 Å². The maximum absolute atomic E-state index is 12.5. The van der Waals surface area contributed by atoms with Gasteiger partial charge in [0.15, 0.2) is 5.92 Å². The Bertz CT molecular complexity index is 281. The number of carbonyl (C=O) groups is 1. The average Bonchev–Trinajstić information content (AvgIpc) is 2.25. The Balaban J connectivity index is 2.56. The normalized spacial score (nSPS) is 23.9. The van der Waals surface area contributed by atoms with Gasteiger partial charge in [0.1, 0.15) is 0 Å². The van der Waals surface area contributed by atoms with Crippen LogP contribution in [0.1, 0.15) is 19.8 Å². The van der Waals surface area contributed by atoms with Crippen molar-refractivity contribution in [2.24, 2.45) is 5.92 Å². The van der Waals surface area contributed by atoms with E-state index in [4.69, 9.17) is 9.84 Å². The van der Waals surface area contributed by atoms with Crippen molar-refractivity contribution in [2.75, 3.05) is 26.2 Å². The SMILES string of the molecule is CCOC1CCCN(CC(C(=O)O)C(F)(F)F)C1. The third-order valence-corrected chi connectivity index (χ3v) is 3.00. The second-order valence-electron chi connectivity index (χ2n) is 4.41. The molecule has 7 heteroatoms. The second kappa shape index (κ2) is 6.38. The van der Waals surface area contributed by atoms with Gasteiger partial charge < -0.3 is 9.84 Å². The summed E-state index contributed by atoms with van der Waals surface area (Å²) >= 11 is 0. The Morgan fingerprint density at radius 3 is 2.72 bits per heavy atom. The van der Waals surface area contributed by atoms with Gasteiger partial charge in [-0.2, -0.15) is 13.2 Å². The van der Waals surface area contributed by atoms with E-state index in [1.54, 1.807) is 0 Å². The van der Waals surface area contributed by atoms with Crippen LogP contribution in [0.4, 0.5) is 13.2 Å². The number of hydrogen-bond donors (Lipinski definition) is 1. The Kier molecular flexibility index (Phi) is 5.40. The first kappa shape index (κ1) is 15.2. The molecule has 2 unspecified atom stereocenters. The highest BCUT2D eigenvalue weighted by Gasteiger charge is 2.46. The van der Waals surface area contributed by atoms with Crippen molar-refractivity contribution in [1.82, 2.24) is 4.90 Å². The summed E-state index contributed by atoms with van der Waals surface area (Å²) in [6.07, 6.45) is -3.25. The van der Waals surface area contributed by atoms with Gasteiger partial charge >= 0.3 is 12.1 Å². The predicted molar refractivity (Wildman–Crippen MR) is 58.3 cm³/mol. The molecule has 0 aromatic carbocycles. The second-order valence-corrected chi connectivity index (χ2v) is 4.41. The fourth-order valence-corrected chi connectivity index (χ4v) is 2.13. The van der Waals surface area contributed by atoms with E-state index in [-0.39, 0.29) is 6.10 Å². The zero-order valence-corrected chi connectivity index (χ0v) is 10.2. The maximum atomic E-state index is 12.5. The minimum atomic E-state index is -4.70. The molecule has 18 heavy (non-hydrogen) atoms. The van der Waals surface area contributed by atoms with Crippen molar-refractivity contribution in [1.29, 1.82) is 0 Å². The van der Waals surface area contributed by atoms with Gasteiger partial charge in [-0.15, -0.1) is 0 Å². The van der Waals surface area contributed by atoms with Gasteiger partial charge in [0.05, 0.1) is 6.10 Å². The standard InChI is InChI=1S/C11H18F3NO3/c1-2-18-8-4-3-5-15(6-8)7-9(10(16)17)11(12,13)14/h8-9H,2-7H2,1H3,(H,16,17). The topological polar surface area (TPSA) is 49.8 Å². The predicted octanol–water partition coefficient (Wildman–Crippen LogP) is 1.75. The lowest BCUT2D eigenvalue weighted by molar-refractivity contribution is -0.197. The number of alkyl halides is 3. The highest BCUT2D eigenvalue weighted by atomic mass is 19.4. The molecular formula is C11H18F3NO3. The molecule has 1 saturated heterocycles. The van der Waals surface area contributed by atoms with Crippen LogP contribution in [0.25, 0.3) is 0 Å². The molecule has 0 saturated carbocycles. The lowest BCUT2D eigenvalue weighted by atomic mass is 10.0. The first-order chi connectivity index (χ1) is 8.34. The Hall–Kier alpha value is -0.820. The van der Waals surface area contributed by atoms with Crippen LogP contribution in [0.3, 0.4) is 0 Å². The summed E-state index contributed by atoms with van der Waals surface area (Å²) in [5.74, 6) is -4.14. The third-order valence-electron chi connectivity index (χ3n) is 3.00. The molecule has 0 aliphatic carbocycles. The number of carboxylic acids is 1. The smallest absolute Gasteiger partial charge is 0.403 e. The van der Waals surface area contributed by atoms with E-state index in [1.165, 1.54) is 4.90 Å². The average molecular weight is 269 g/mol. The van der Waals surface area contributed by atoms with Gasteiger partial charge in [-0.1, -0.05) is 0 Å². The Morgan fingerprint density at radius 2 is 2.22 bits per heavy atom. The molecule has 1 heterocycles. The Morgan fingerprint density at radius 1 is 1.56 bits per heavy atom. The van der Waals surface area contributed by atoms with E-state index >= 15 is 0 Å². The summed E-state index contributed by atoms with van der Waals surface area (Å²) in [7, 11) is 0. The van der Waals surface area contributed by atoms with Crippen molar-refractivity contribution >= 4 is 5.97 Å². The summed E-state index contributed by atoms with van der Waals surface area (Å²) in [6.45, 7) is 2.70. The van der Waals surface area contributed by atoms with Gasteiger partial charge in [-0.05, 0) is 26.3 Å². The number of hydrogen-bond acceptors (Lipinski definition) is 3. The van der Waals surface area contributed by atoms with Crippen LogP contribution < -0.4 is 0 Å². The van der Waals surface area contributed by atoms with Crippen LogP contribution in [0.5, 0.6) is 0 Å². The third kappa shape index (κ3) is 4.45. The summed E-state index contributed by atoms with van der Waals surface area (Å²) in [6, 6.07) is 0. The summed E-state index contributed by atoms with van der Waals surface area (Å²) in [5, 5.41) is 8.63. The minimum absolute atomic E-state index is 0.0913. The lowest BCUT2D eigenvalue weighted by Crippen LogP contribution is -2.46. The van der Waals surface area contributed by atoms with E-state index in [2.05, 4.69) is 0 Å². The number of halogens is 3. The first-order valence-electron chi connectivity index (χ1n) is 5.98. The van der Waals surface area contributed by atoms with Crippen LogP contribution in [0.15, 0.2) is 0 Å². The summed E-state index contributed by atoms with van der Waals surface area (Å²) in [5.41, 5.74) is 0. The molecular weight excluding hydrogens is 251 g/mol. The molecule has 0 spiro atoms. The van der Waals surface area contributed by atoms with Crippen LogP contribution in [-0.2, 0) is 9.53 Å². The molecule has 1 rings (SSSR count). The van der Waals surface area contributed by atoms with E-state index in [9.17, 15) is 18.0 Å². The minimum Gasteiger partial charge on any atom is -0.481 e. The number of likely N-dealkylation sites (tertiary alicyclic amines) is 1. The molecule has 1 aliphatic heterocycles. The molecule has 0 amide bonds. The number of carboxylic acid groups (broad SMARTS) is 1. The number of aliphatic carboxylic acids is 1. The first-order valence-corrected chi connectivity index (χ1v) is 5.98. The largest absolute Gasteiger partial charge is 0.481 e. The number of nitrogens with zero attached hydrogens (tertiary/aromatic N) is 1. The van der Waals surface area contributed by atoms with Crippen LogP contribution >= 0.6 is 0 Å². The number of piperidine rings is 1. The van der Waals surface area contributed by atoms with E-state index in [1.807, 2.05) is 6.92 Å². The van der Waals surface area contributed by atoms with Gasteiger partial charge in [0.2, 0.25) is 0 Å². The van der Waals surface area contributed by atoms with Crippen LogP contribution in [0.2, 0.25) is 0 Å². The fourth-order valence-electron chi connectivity index (χ4n) is 2.13. The molecule has 1 fully saturated rings. The van der Waals surface area contributed by atoms with Crippen LogP contribution in [0, 0.1) is 5.92 Å². The zero-order chi connectivity index (χ0) is 13.8. The quantitative estimate of drug-likeness (QED) is 0.826. The van der Waals surface area contributed by atoms with Gasteiger partial charge in [-0.3, -0.25) is 9.69 Å². The molecule has 0 radical (unpaired) electrons. The van der Waals surface area contributed by atoms with Crippen molar-refractivity contribution in [3.05, 3.63) is 0 Å². The van der Waals surface area contributed by atoms with Gasteiger partial charge in [0.25, 0.3) is 0 Å². The number of ether oxygens (including phenoxy) is 1. The molecule has 1 aliphatic rings. The molecule has 4 nitrogen and oxygen atoms in total. The highest BCUT2D eigenvalue weighted by molar-refractivity contribution is 5.71. The molecule has 2 atom stereocenters. The van der Waals surface area contributed by atoms with Gasteiger partial charge in [-0.25, -0.2) is 0 Å². The van der Waals surface area contributed by atoms with E-state index in [0.717, 1.165) is 12.8 Å². The van der Waals surface area contributed by atoms with Crippen molar-refractivity contribution < 1.29 is 27.8 Å². The van der Waals surface area contributed by atoms with E-state index < -0.39 is 24.6 Å². The van der Waals surface area contributed by atoms with Crippen molar-refractivity contribution in [3.63, 3.8) is 0 Å². The molecule has 0 bridgehead atoms. The summed E-state index contributed by atoms with van der Waals surface area (Å²) < 4.78 is 43.0. The fraction of sp³-hybridized carbons (Fsp3) is 0.909. The zero-order valence-electron chi connectivity index (χ0n) is 10.2. The molecule has 0 aromatic heterocycles. The summed E-state index contributed by atoms with van der Waals surface area (Å²) in [4.78, 5) is 12.2. The molecule has 1 N–H and O–H groups in total. The molecule has 106 valence electrons. The van der Waals surface area contributed by atoms with Crippen LogP contribution in [-0.4, -0.2) is 54.5 Å². The molecule has 0 aromatic rings.